The van der Waals surface area contributed by atoms with Gasteiger partial charge in [-0.1, -0.05) is 18.2 Å². The first-order chi connectivity index (χ1) is 14.8. The van der Waals surface area contributed by atoms with E-state index in [1.165, 1.54) is 37.3 Å². The van der Waals surface area contributed by atoms with Crippen LogP contribution in [0.25, 0.3) is 0 Å². The summed E-state index contributed by atoms with van der Waals surface area (Å²) < 4.78 is 43.8. The van der Waals surface area contributed by atoms with Gasteiger partial charge in [0.2, 0.25) is 5.88 Å². The number of ether oxygens (including phenoxy) is 3. The second-order valence-electron chi connectivity index (χ2n) is 6.72. The molecule has 1 heterocycles. The van der Waals surface area contributed by atoms with E-state index in [9.17, 15) is 18.8 Å². The van der Waals surface area contributed by atoms with Crippen molar-refractivity contribution in [1.82, 2.24) is 0 Å². The van der Waals surface area contributed by atoms with Crippen LogP contribution in [0.2, 0.25) is 0 Å². The van der Waals surface area contributed by atoms with Crippen LogP contribution in [0, 0.1) is 23.0 Å². The average Bonchev–Trinajstić information content (AvgIpc) is 2.72. The topological polar surface area (TPSA) is 94.6 Å². The molecule has 1 aliphatic heterocycles. The van der Waals surface area contributed by atoms with Crippen molar-refractivity contribution in [1.29, 1.82) is 5.26 Å². The number of carbonyl (C=O) groups is 1. The lowest BCUT2D eigenvalue weighted by Crippen LogP contribution is -2.26. The number of nitrogens with two attached hydrogens (primary N) is 1. The fourth-order valence-corrected chi connectivity index (χ4v) is 3.33. The van der Waals surface area contributed by atoms with Crippen molar-refractivity contribution in [2.24, 2.45) is 5.73 Å². The molecular weight excluding hydrogens is 406 g/mol. The monoisotopic (exact) mass is 426 g/mol. The molecule has 1 aliphatic rings. The summed E-state index contributed by atoms with van der Waals surface area (Å²) in [5, 5.41) is 9.69. The minimum Gasteiger partial charge on any atom is -0.488 e. The third kappa shape index (κ3) is 4.67. The summed E-state index contributed by atoms with van der Waals surface area (Å²) in [7, 11) is 0. The van der Waals surface area contributed by atoms with E-state index in [1.54, 1.807) is 13.0 Å². The van der Waals surface area contributed by atoms with E-state index in [0.717, 1.165) is 6.07 Å². The van der Waals surface area contributed by atoms with Crippen molar-refractivity contribution < 1.29 is 27.8 Å². The first-order valence-corrected chi connectivity index (χ1v) is 9.47. The number of hydrogen-bond acceptors (Lipinski definition) is 6. The Morgan fingerprint density at radius 2 is 1.97 bits per heavy atom. The van der Waals surface area contributed by atoms with E-state index in [-0.39, 0.29) is 41.8 Å². The molecule has 0 aliphatic carbocycles. The molecule has 1 unspecified atom stereocenters. The van der Waals surface area contributed by atoms with Gasteiger partial charge in [-0.2, -0.15) is 5.26 Å². The molecule has 0 fully saturated rings. The van der Waals surface area contributed by atoms with Gasteiger partial charge in [0.1, 0.15) is 41.4 Å². The van der Waals surface area contributed by atoms with Gasteiger partial charge in [-0.15, -0.1) is 0 Å². The summed E-state index contributed by atoms with van der Waals surface area (Å²) in [6.07, 6.45) is 0. The molecule has 31 heavy (non-hydrogen) atoms. The fraction of sp³-hybridized carbons (Fsp3) is 0.217. The summed E-state index contributed by atoms with van der Waals surface area (Å²) in [6, 6.07) is 11.5. The summed E-state index contributed by atoms with van der Waals surface area (Å²) in [5.74, 6) is -2.62. The van der Waals surface area contributed by atoms with Gasteiger partial charge in [-0.3, -0.25) is 0 Å². The zero-order valence-corrected chi connectivity index (χ0v) is 16.9. The van der Waals surface area contributed by atoms with Crippen molar-refractivity contribution in [2.75, 3.05) is 6.61 Å². The second kappa shape index (κ2) is 9.30. The van der Waals surface area contributed by atoms with Gasteiger partial charge in [-0.25, -0.2) is 13.6 Å². The molecule has 6 nitrogen and oxygen atoms in total. The Morgan fingerprint density at radius 3 is 2.65 bits per heavy atom. The zero-order chi connectivity index (χ0) is 22.5. The number of nitrogens with zero attached hydrogens (tertiary/aromatic N) is 1. The molecule has 0 amide bonds. The maximum atomic E-state index is 14.0. The fourth-order valence-electron chi connectivity index (χ4n) is 3.33. The SMILES string of the molecule is CCOC(=O)C1=C(C)OC(N)=C(C#N)C1c1ccc(F)cc1OCc1cccc(F)c1. The average molecular weight is 426 g/mol. The second-order valence-corrected chi connectivity index (χ2v) is 6.72. The van der Waals surface area contributed by atoms with Gasteiger partial charge in [0.25, 0.3) is 0 Å². The van der Waals surface area contributed by atoms with E-state index in [0.29, 0.717) is 11.1 Å². The van der Waals surface area contributed by atoms with Crippen molar-refractivity contribution in [3.63, 3.8) is 0 Å². The molecule has 8 heteroatoms. The highest BCUT2D eigenvalue weighted by Gasteiger charge is 2.38. The normalized spacial score (nSPS) is 15.9. The van der Waals surface area contributed by atoms with Crippen molar-refractivity contribution in [2.45, 2.75) is 26.4 Å². The Hall–Kier alpha value is -3.86. The predicted molar refractivity (Wildman–Crippen MR) is 107 cm³/mol. The Kier molecular flexibility index (Phi) is 6.55. The van der Waals surface area contributed by atoms with Crippen LogP contribution in [-0.4, -0.2) is 12.6 Å². The maximum absolute atomic E-state index is 14.0. The Bertz CT molecular complexity index is 1120. The van der Waals surface area contributed by atoms with Crippen LogP contribution in [-0.2, 0) is 20.9 Å². The van der Waals surface area contributed by atoms with Crippen LogP contribution in [0.15, 0.2) is 65.3 Å². The van der Waals surface area contributed by atoms with Crippen LogP contribution < -0.4 is 10.5 Å². The number of rotatable bonds is 6. The summed E-state index contributed by atoms with van der Waals surface area (Å²) in [4.78, 5) is 12.7. The number of hydrogen-bond donors (Lipinski definition) is 1. The van der Waals surface area contributed by atoms with Crippen LogP contribution in [0.4, 0.5) is 8.78 Å². The highest BCUT2D eigenvalue weighted by Crippen LogP contribution is 2.43. The molecule has 3 rings (SSSR count). The molecule has 2 aromatic rings. The van der Waals surface area contributed by atoms with E-state index in [4.69, 9.17) is 19.9 Å². The Balaban J connectivity index is 2.08. The Labute approximate surface area is 178 Å². The standard InChI is InChI=1S/C23H20F2N2O4/c1-3-29-23(28)20-13(2)31-22(27)18(11-26)21(20)17-8-7-16(25)10-19(17)30-12-14-5-4-6-15(24)9-14/h4-10,21H,3,12,27H2,1-2H3. The molecule has 0 saturated heterocycles. The first-order valence-electron chi connectivity index (χ1n) is 9.47. The van der Waals surface area contributed by atoms with Gasteiger partial charge in [0, 0.05) is 11.6 Å². The Morgan fingerprint density at radius 1 is 1.23 bits per heavy atom. The van der Waals surface area contributed by atoms with Gasteiger partial charge in [0.05, 0.1) is 18.1 Å². The van der Waals surface area contributed by atoms with E-state index in [1.807, 2.05) is 6.07 Å². The van der Waals surface area contributed by atoms with Crippen LogP contribution in [0.3, 0.4) is 0 Å². The third-order valence-corrected chi connectivity index (χ3v) is 4.67. The van der Waals surface area contributed by atoms with Crippen molar-refractivity contribution in [3.8, 4) is 11.8 Å². The summed E-state index contributed by atoms with van der Waals surface area (Å²) in [5.41, 5.74) is 6.78. The van der Waals surface area contributed by atoms with Crippen molar-refractivity contribution in [3.05, 3.63) is 88.0 Å². The predicted octanol–water partition coefficient (Wildman–Crippen LogP) is 4.19. The van der Waals surface area contributed by atoms with Crippen molar-refractivity contribution >= 4 is 5.97 Å². The lowest BCUT2D eigenvalue weighted by molar-refractivity contribution is -0.139. The van der Waals surface area contributed by atoms with Crippen LogP contribution in [0.5, 0.6) is 5.75 Å². The smallest absolute Gasteiger partial charge is 0.338 e. The molecule has 2 N–H and O–H groups in total. The van der Waals surface area contributed by atoms with E-state index >= 15 is 0 Å². The lowest BCUT2D eigenvalue weighted by Gasteiger charge is -2.28. The number of carbonyl (C=O) groups excluding carboxylic acids is 1. The number of nitriles is 1. The molecule has 160 valence electrons. The first kappa shape index (κ1) is 21.8. The highest BCUT2D eigenvalue weighted by molar-refractivity contribution is 5.92. The molecule has 0 saturated carbocycles. The summed E-state index contributed by atoms with van der Waals surface area (Å²) in [6.45, 7) is 3.22. The quantitative estimate of drug-likeness (QED) is 0.696. The van der Waals surface area contributed by atoms with Gasteiger partial charge >= 0.3 is 5.97 Å². The molecule has 0 radical (unpaired) electrons. The lowest BCUT2D eigenvalue weighted by atomic mass is 9.82. The molecule has 0 bridgehead atoms. The number of halogens is 2. The number of benzene rings is 2. The van der Waals surface area contributed by atoms with Gasteiger partial charge < -0.3 is 19.9 Å². The van der Waals surface area contributed by atoms with Crippen LogP contribution in [0.1, 0.15) is 30.9 Å². The molecule has 0 aromatic heterocycles. The summed E-state index contributed by atoms with van der Waals surface area (Å²) >= 11 is 0. The van der Waals surface area contributed by atoms with E-state index < -0.39 is 23.5 Å². The highest BCUT2D eigenvalue weighted by atomic mass is 19.1. The van der Waals surface area contributed by atoms with Gasteiger partial charge in [-0.05, 0) is 37.6 Å². The third-order valence-electron chi connectivity index (χ3n) is 4.67. The minimum atomic E-state index is -0.985. The molecule has 2 aromatic carbocycles. The van der Waals surface area contributed by atoms with Crippen LogP contribution >= 0.6 is 0 Å². The molecular formula is C23H20F2N2O4. The number of esters is 1. The maximum Gasteiger partial charge on any atom is 0.338 e. The zero-order valence-electron chi connectivity index (χ0n) is 16.9. The molecule has 0 spiro atoms. The molecule has 1 atom stereocenters. The number of allylic oxidation sites excluding steroid dienone is 2. The van der Waals surface area contributed by atoms with E-state index in [2.05, 4.69) is 0 Å². The largest absolute Gasteiger partial charge is 0.488 e. The minimum absolute atomic E-state index is 0.0316. The van der Waals surface area contributed by atoms with Gasteiger partial charge in [0.15, 0.2) is 0 Å².